The van der Waals surface area contributed by atoms with Crippen LogP contribution in [0.2, 0.25) is 5.02 Å². The lowest BCUT2D eigenvalue weighted by atomic mass is 9.96. The smallest absolute Gasteiger partial charge is 0.163 e. The first-order valence-electron chi connectivity index (χ1n) is 12.3. The number of hydrogen-bond donors (Lipinski definition) is 0. The lowest BCUT2D eigenvalue weighted by Crippen LogP contribution is -2.48. The van der Waals surface area contributed by atoms with Gasteiger partial charge in [0.25, 0.3) is 0 Å². The summed E-state index contributed by atoms with van der Waals surface area (Å²) in [6.45, 7) is 4.30. The topological polar surface area (TPSA) is 50.1 Å². The summed E-state index contributed by atoms with van der Waals surface area (Å²) < 4.78 is 1.96. The molecule has 0 amide bonds. The average molecular weight is 495 g/mol. The van der Waals surface area contributed by atoms with E-state index in [0.29, 0.717) is 6.54 Å². The van der Waals surface area contributed by atoms with Gasteiger partial charge in [-0.15, -0.1) is 0 Å². The predicted octanol–water partition coefficient (Wildman–Crippen LogP) is 5.44. The first-order chi connectivity index (χ1) is 17.8. The van der Waals surface area contributed by atoms with Crippen molar-refractivity contribution in [2.45, 2.75) is 12.6 Å². The Kier molecular flexibility index (Phi) is 6.36. The van der Waals surface area contributed by atoms with Crippen molar-refractivity contribution in [3.8, 4) is 0 Å². The van der Waals surface area contributed by atoms with Gasteiger partial charge in [-0.3, -0.25) is 4.90 Å². The van der Waals surface area contributed by atoms with Crippen molar-refractivity contribution in [2.24, 2.45) is 0 Å². The minimum absolute atomic E-state index is 0.185. The number of hydrogen-bond acceptors (Lipinski definition) is 5. The van der Waals surface area contributed by atoms with Crippen LogP contribution < -0.4 is 4.90 Å². The Hall–Kier alpha value is -3.74. The van der Waals surface area contributed by atoms with E-state index in [1.165, 1.54) is 16.7 Å². The number of nitrogens with zero attached hydrogens (tertiary/aromatic N) is 6. The van der Waals surface area contributed by atoms with E-state index in [4.69, 9.17) is 11.6 Å². The number of anilines is 1. The Morgan fingerprint density at radius 3 is 2.14 bits per heavy atom. The second-order valence-corrected chi connectivity index (χ2v) is 9.55. The number of halogens is 1. The summed E-state index contributed by atoms with van der Waals surface area (Å²) in [7, 11) is 0. The molecule has 0 N–H and O–H groups in total. The van der Waals surface area contributed by atoms with E-state index in [9.17, 15) is 0 Å². The summed E-state index contributed by atoms with van der Waals surface area (Å²) in [5.41, 5.74) is 4.62. The van der Waals surface area contributed by atoms with Gasteiger partial charge in [0.2, 0.25) is 0 Å². The summed E-state index contributed by atoms with van der Waals surface area (Å²) >= 11 is 6.19. The van der Waals surface area contributed by atoms with E-state index in [-0.39, 0.29) is 6.04 Å². The van der Waals surface area contributed by atoms with Crippen molar-refractivity contribution in [3.63, 3.8) is 0 Å². The first-order valence-corrected chi connectivity index (χ1v) is 12.6. The van der Waals surface area contributed by atoms with Crippen molar-refractivity contribution < 1.29 is 0 Å². The number of benzene rings is 3. The Morgan fingerprint density at radius 2 is 1.42 bits per heavy atom. The zero-order valence-corrected chi connectivity index (χ0v) is 20.7. The van der Waals surface area contributed by atoms with E-state index in [0.717, 1.165) is 48.1 Å². The molecule has 1 aliphatic heterocycles. The molecule has 6 nitrogen and oxygen atoms in total. The molecule has 3 heterocycles. The zero-order valence-electron chi connectivity index (χ0n) is 19.9. The summed E-state index contributed by atoms with van der Waals surface area (Å²) in [5, 5.41) is 6.40. The van der Waals surface area contributed by atoms with Crippen LogP contribution in [0.15, 0.2) is 97.5 Å². The molecule has 1 unspecified atom stereocenters. The highest BCUT2D eigenvalue weighted by Gasteiger charge is 2.28. The third-order valence-electron chi connectivity index (χ3n) is 6.87. The van der Waals surface area contributed by atoms with Crippen LogP contribution in [0.1, 0.15) is 22.7 Å². The predicted molar refractivity (Wildman–Crippen MR) is 144 cm³/mol. The first kappa shape index (κ1) is 22.7. The van der Waals surface area contributed by atoms with Crippen LogP contribution in [0.4, 0.5) is 5.82 Å². The molecular weight excluding hydrogens is 468 g/mol. The van der Waals surface area contributed by atoms with E-state index in [2.05, 4.69) is 79.5 Å². The third-order valence-corrected chi connectivity index (χ3v) is 7.12. The van der Waals surface area contributed by atoms with Gasteiger partial charge in [-0.1, -0.05) is 84.4 Å². The average Bonchev–Trinajstić information content (AvgIpc) is 3.34. The molecule has 0 spiro atoms. The second-order valence-electron chi connectivity index (χ2n) is 9.11. The van der Waals surface area contributed by atoms with Gasteiger partial charge in [-0.2, -0.15) is 5.10 Å². The number of aromatic nitrogens is 4. The van der Waals surface area contributed by atoms with Crippen molar-refractivity contribution in [1.82, 2.24) is 24.6 Å². The molecule has 5 aromatic rings. The van der Waals surface area contributed by atoms with Crippen molar-refractivity contribution >= 4 is 28.5 Å². The molecule has 3 aromatic carbocycles. The van der Waals surface area contributed by atoms with Gasteiger partial charge in [0, 0.05) is 31.2 Å². The molecule has 7 heteroatoms. The fourth-order valence-electron chi connectivity index (χ4n) is 5.09. The van der Waals surface area contributed by atoms with Crippen LogP contribution in [0.3, 0.4) is 0 Å². The number of piperazine rings is 1. The molecule has 1 aliphatic rings. The van der Waals surface area contributed by atoms with E-state index in [1.807, 2.05) is 41.2 Å². The van der Waals surface area contributed by atoms with Crippen LogP contribution in [-0.2, 0) is 6.54 Å². The van der Waals surface area contributed by atoms with E-state index < -0.39 is 0 Å². The fourth-order valence-corrected chi connectivity index (χ4v) is 5.22. The quantitative estimate of drug-likeness (QED) is 0.314. The van der Waals surface area contributed by atoms with Crippen molar-refractivity contribution in [2.75, 3.05) is 31.1 Å². The van der Waals surface area contributed by atoms with Crippen LogP contribution in [0.25, 0.3) is 11.0 Å². The maximum absolute atomic E-state index is 6.19. The standard InChI is InChI=1S/C29H27ClN6/c30-25-13-11-24(12-14-25)27(23-9-5-2-6-10-23)34-15-17-35(18-16-34)28-26-19-33-36(29(26)32-21-31-28)20-22-7-3-1-4-8-22/h1-14,19,21,27H,15-18,20H2. The molecule has 180 valence electrons. The molecule has 1 saturated heterocycles. The van der Waals surface area contributed by atoms with Crippen LogP contribution >= 0.6 is 11.6 Å². The van der Waals surface area contributed by atoms with E-state index >= 15 is 0 Å². The monoisotopic (exact) mass is 494 g/mol. The van der Waals surface area contributed by atoms with E-state index in [1.54, 1.807) is 6.33 Å². The molecule has 6 rings (SSSR count). The van der Waals surface area contributed by atoms with Gasteiger partial charge in [-0.25, -0.2) is 14.6 Å². The van der Waals surface area contributed by atoms with Crippen LogP contribution in [0, 0.1) is 0 Å². The Labute approximate surface area is 215 Å². The van der Waals surface area contributed by atoms with Gasteiger partial charge in [-0.05, 0) is 28.8 Å². The van der Waals surface area contributed by atoms with Gasteiger partial charge in [0.15, 0.2) is 5.65 Å². The Balaban J connectivity index is 1.23. The molecule has 0 bridgehead atoms. The highest BCUT2D eigenvalue weighted by atomic mass is 35.5. The molecule has 0 aliphatic carbocycles. The lowest BCUT2D eigenvalue weighted by molar-refractivity contribution is 0.212. The van der Waals surface area contributed by atoms with Crippen molar-refractivity contribution in [3.05, 3.63) is 119 Å². The van der Waals surface area contributed by atoms with Gasteiger partial charge < -0.3 is 4.90 Å². The SMILES string of the molecule is Clc1ccc(C(c2ccccc2)N2CCN(c3ncnc4c3cnn4Cc3ccccc3)CC2)cc1. The molecule has 36 heavy (non-hydrogen) atoms. The van der Waals surface area contributed by atoms with Gasteiger partial charge >= 0.3 is 0 Å². The molecule has 1 atom stereocenters. The largest absolute Gasteiger partial charge is 0.353 e. The fraction of sp³-hybridized carbons (Fsp3) is 0.207. The number of rotatable bonds is 6. The van der Waals surface area contributed by atoms with Crippen LogP contribution in [-0.4, -0.2) is 50.8 Å². The Morgan fingerprint density at radius 1 is 0.750 bits per heavy atom. The molecular formula is C29H27ClN6. The Bertz CT molecular complexity index is 1430. The van der Waals surface area contributed by atoms with Gasteiger partial charge in [0.1, 0.15) is 12.1 Å². The normalized spacial score (nSPS) is 15.3. The molecule has 2 aromatic heterocycles. The summed E-state index contributed by atoms with van der Waals surface area (Å²) in [6, 6.07) is 29.5. The zero-order chi connectivity index (χ0) is 24.3. The summed E-state index contributed by atoms with van der Waals surface area (Å²) in [6.07, 6.45) is 3.56. The van der Waals surface area contributed by atoms with Gasteiger partial charge in [0.05, 0.1) is 24.2 Å². The lowest BCUT2D eigenvalue weighted by Gasteiger charge is -2.40. The second kappa shape index (κ2) is 10.1. The minimum atomic E-state index is 0.185. The third kappa shape index (κ3) is 4.57. The minimum Gasteiger partial charge on any atom is -0.353 e. The summed E-state index contributed by atoms with van der Waals surface area (Å²) in [4.78, 5) is 14.1. The maximum Gasteiger partial charge on any atom is 0.163 e. The summed E-state index contributed by atoms with van der Waals surface area (Å²) in [5.74, 6) is 0.960. The molecule has 0 saturated carbocycles. The molecule has 1 fully saturated rings. The highest BCUT2D eigenvalue weighted by Crippen LogP contribution is 2.32. The van der Waals surface area contributed by atoms with Crippen LogP contribution in [0.5, 0.6) is 0 Å². The highest BCUT2D eigenvalue weighted by molar-refractivity contribution is 6.30. The number of fused-ring (bicyclic) bond motifs is 1. The molecule has 0 radical (unpaired) electrons. The maximum atomic E-state index is 6.19. The van der Waals surface area contributed by atoms with Crippen molar-refractivity contribution in [1.29, 1.82) is 0 Å².